The minimum Gasteiger partial charge on any atom is -0.374 e. The highest BCUT2D eigenvalue weighted by Crippen LogP contribution is 2.19. The number of rotatable bonds is 5. The van der Waals surface area contributed by atoms with Crippen LogP contribution in [0.15, 0.2) is 0 Å². The first kappa shape index (κ1) is 15.0. The molecular formula is C14H21N7S. The van der Waals surface area contributed by atoms with Gasteiger partial charge in [0.25, 0.3) is 0 Å². The number of hydrogen-bond acceptors (Lipinski definition) is 6. The van der Waals surface area contributed by atoms with Gasteiger partial charge in [0.15, 0.2) is 5.82 Å². The fraction of sp³-hybridized carbons (Fsp3) is 0.571. The lowest BCUT2D eigenvalue weighted by molar-refractivity contribution is 0.472. The van der Waals surface area contributed by atoms with Crippen molar-refractivity contribution in [2.75, 3.05) is 5.73 Å². The summed E-state index contributed by atoms with van der Waals surface area (Å²) in [6, 6.07) is 0. The summed E-state index contributed by atoms with van der Waals surface area (Å²) in [7, 11) is 0. The first-order chi connectivity index (χ1) is 10.5. The van der Waals surface area contributed by atoms with Crippen LogP contribution in [0, 0.1) is 19.8 Å². The minimum atomic E-state index is 0.517. The molecule has 0 fully saturated rings. The Labute approximate surface area is 133 Å². The average Bonchev–Trinajstić information content (AvgIpc) is 3.04. The molecule has 0 aliphatic heterocycles. The van der Waals surface area contributed by atoms with Gasteiger partial charge < -0.3 is 5.73 Å². The lowest BCUT2D eigenvalue weighted by Crippen LogP contribution is -2.08. The molecule has 0 amide bonds. The molecule has 0 unspecified atom stereocenters. The molecule has 0 saturated carbocycles. The van der Waals surface area contributed by atoms with E-state index in [1.807, 2.05) is 0 Å². The lowest BCUT2D eigenvalue weighted by atomic mass is 10.1. The van der Waals surface area contributed by atoms with Gasteiger partial charge >= 0.3 is 0 Å². The molecular weight excluding hydrogens is 298 g/mol. The van der Waals surface area contributed by atoms with Gasteiger partial charge in [0.2, 0.25) is 10.1 Å². The monoisotopic (exact) mass is 319 g/mol. The normalized spacial score (nSPS) is 11.9. The van der Waals surface area contributed by atoms with Crippen molar-refractivity contribution in [2.24, 2.45) is 5.92 Å². The first-order valence-electron chi connectivity index (χ1n) is 7.45. The number of nitrogen functional groups attached to an aromatic ring is 1. The third-order valence-corrected chi connectivity index (χ3v) is 4.47. The van der Waals surface area contributed by atoms with E-state index in [1.54, 1.807) is 4.52 Å². The molecule has 3 heterocycles. The van der Waals surface area contributed by atoms with Crippen molar-refractivity contribution in [3.8, 4) is 0 Å². The number of aromatic nitrogens is 6. The summed E-state index contributed by atoms with van der Waals surface area (Å²) in [4.78, 5) is 0.747. The highest BCUT2D eigenvalue weighted by atomic mass is 32.1. The SMILES string of the molecule is Cc1nn(CC(C)C)c(C)c1CCc1nnc2sc(N)nn12. The van der Waals surface area contributed by atoms with Gasteiger partial charge in [-0.25, -0.2) is 0 Å². The van der Waals surface area contributed by atoms with Crippen LogP contribution in [0.3, 0.4) is 0 Å². The molecule has 8 heteroatoms. The summed E-state index contributed by atoms with van der Waals surface area (Å²) >= 11 is 1.35. The molecule has 118 valence electrons. The van der Waals surface area contributed by atoms with Crippen molar-refractivity contribution in [1.29, 1.82) is 0 Å². The van der Waals surface area contributed by atoms with Crippen LogP contribution in [0.1, 0.15) is 36.6 Å². The quantitative estimate of drug-likeness (QED) is 0.777. The van der Waals surface area contributed by atoms with E-state index in [0.717, 1.165) is 35.9 Å². The van der Waals surface area contributed by atoms with Crippen LogP contribution in [0.2, 0.25) is 0 Å². The second-order valence-electron chi connectivity index (χ2n) is 5.98. The van der Waals surface area contributed by atoms with Crippen LogP contribution in [0.5, 0.6) is 0 Å². The zero-order valence-corrected chi connectivity index (χ0v) is 14.2. The maximum Gasteiger partial charge on any atom is 0.236 e. The predicted molar refractivity (Wildman–Crippen MR) is 87.0 cm³/mol. The highest BCUT2D eigenvalue weighted by Gasteiger charge is 2.15. The van der Waals surface area contributed by atoms with Gasteiger partial charge in [-0.3, -0.25) is 4.68 Å². The van der Waals surface area contributed by atoms with Crippen molar-refractivity contribution >= 4 is 21.4 Å². The minimum absolute atomic E-state index is 0.517. The molecule has 0 aliphatic rings. The Morgan fingerprint density at radius 2 is 1.91 bits per heavy atom. The predicted octanol–water partition coefficient (Wildman–Crippen LogP) is 2.02. The van der Waals surface area contributed by atoms with Gasteiger partial charge in [-0.05, 0) is 31.7 Å². The molecule has 0 spiro atoms. The van der Waals surface area contributed by atoms with Crippen molar-refractivity contribution in [1.82, 2.24) is 29.6 Å². The first-order valence-corrected chi connectivity index (χ1v) is 8.26. The molecule has 0 radical (unpaired) electrons. The van der Waals surface area contributed by atoms with E-state index < -0.39 is 0 Å². The maximum atomic E-state index is 5.71. The molecule has 3 aromatic heterocycles. The zero-order valence-electron chi connectivity index (χ0n) is 13.4. The van der Waals surface area contributed by atoms with Crippen molar-refractivity contribution in [3.05, 3.63) is 22.8 Å². The number of nitrogens with two attached hydrogens (primary N) is 1. The molecule has 0 bridgehead atoms. The van der Waals surface area contributed by atoms with Crippen LogP contribution < -0.4 is 5.73 Å². The van der Waals surface area contributed by atoms with Crippen molar-refractivity contribution in [3.63, 3.8) is 0 Å². The Morgan fingerprint density at radius 3 is 2.64 bits per heavy atom. The van der Waals surface area contributed by atoms with Crippen LogP contribution in [0.25, 0.3) is 4.96 Å². The number of anilines is 1. The molecule has 2 N–H and O–H groups in total. The summed E-state index contributed by atoms with van der Waals surface area (Å²) in [5, 5.41) is 17.7. The molecule has 0 saturated heterocycles. The van der Waals surface area contributed by atoms with E-state index in [4.69, 9.17) is 5.73 Å². The standard InChI is InChI=1S/C14H21N7S/c1-8(2)7-20-10(4)11(9(3)18-20)5-6-12-16-17-14-21(12)19-13(15)22-14/h8H,5-7H2,1-4H3,(H2,15,19). The summed E-state index contributed by atoms with van der Waals surface area (Å²) < 4.78 is 3.85. The van der Waals surface area contributed by atoms with Crippen LogP contribution in [0.4, 0.5) is 5.13 Å². The maximum absolute atomic E-state index is 5.71. The fourth-order valence-electron chi connectivity index (χ4n) is 2.68. The Balaban J connectivity index is 1.80. The lowest BCUT2D eigenvalue weighted by Gasteiger charge is -2.07. The second kappa shape index (κ2) is 5.68. The Bertz CT molecular complexity index is 796. The second-order valence-corrected chi connectivity index (χ2v) is 6.96. The smallest absolute Gasteiger partial charge is 0.236 e. The summed E-state index contributed by atoms with van der Waals surface area (Å²) in [6.45, 7) is 9.56. The van der Waals surface area contributed by atoms with Crippen LogP contribution in [-0.2, 0) is 19.4 Å². The highest BCUT2D eigenvalue weighted by molar-refractivity contribution is 7.20. The fourth-order valence-corrected chi connectivity index (χ4v) is 3.31. The average molecular weight is 319 g/mol. The largest absolute Gasteiger partial charge is 0.374 e. The van der Waals surface area contributed by atoms with Crippen molar-refractivity contribution < 1.29 is 0 Å². The van der Waals surface area contributed by atoms with Crippen LogP contribution >= 0.6 is 11.3 Å². The van der Waals surface area contributed by atoms with E-state index >= 15 is 0 Å². The number of aryl methyl sites for hydroxylation is 2. The summed E-state index contributed by atoms with van der Waals surface area (Å²) in [5.74, 6) is 1.43. The van der Waals surface area contributed by atoms with E-state index in [1.165, 1.54) is 22.6 Å². The van der Waals surface area contributed by atoms with Gasteiger partial charge in [0, 0.05) is 18.7 Å². The van der Waals surface area contributed by atoms with E-state index in [2.05, 4.69) is 52.8 Å². The number of hydrogen-bond donors (Lipinski definition) is 1. The van der Waals surface area contributed by atoms with Gasteiger partial charge in [-0.2, -0.15) is 9.61 Å². The Morgan fingerprint density at radius 1 is 1.14 bits per heavy atom. The van der Waals surface area contributed by atoms with Gasteiger partial charge in [-0.15, -0.1) is 15.3 Å². The topological polar surface area (TPSA) is 86.9 Å². The van der Waals surface area contributed by atoms with Gasteiger partial charge in [-0.1, -0.05) is 25.2 Å². The molecule has 0 atom stereocenters. The molecule has 3 aromatic rings. The van der Waals surface area contributed by atoms with E-state index in [-0.39, 0.29) is 0 Å². The van der Waals surface area contributed by atoms with E-state index in [9.17, 15) is 0 Å². The molecule has 0 aliphatic carbocycles. The summed E-state index contributed by atoms with van der Waals surface area (Å²) in [5.41, 5.74) is 9.34. The third kappa shape index (κ3) is 2.70. The molecule has 0 aromatic carbocycles. The van der Waals surface area contributed by atoms with Crippen molar-refractivity contribution in [2.45, 2.75) is 47.1 Å². The van der Waals surface area contributed by atoms with Gasteiger partial charge in [0.05, 0.1) is 5.69 Å². The number of fused-ring (bicyclic) bond motifs is 1. The molecule has 7 nitrogen and oxygen atoms in total. The Hall–Kier alpha value is -1.96. The molecule has 22 heavy (non-hydrogen) atoms. The number of nitrogens with zero attached hydrogens (tertiary/aromatic N) is 6. The van der Waals surface area contributed by atoms with Gasteiger partial charge in [0.1, 0.15) is 0 Å². The van der Waals surface area contributed by atoms with Crippen LogP contribution in [-0.4, -0.2) is 29.6 Å². The Kier molecular flexibility index (Phi) is 3.86. The zero-order chi connectivity index (χ0) is 15.9. The molecule has 3 rings (SSSR count). The van der Waals surface area contributed by atoms with E-state index in [0.29, 0.717) is 11.0 Å². The summed E-state index contributed by atoms with van der Waals surface area (Å²) in [6.07, 6.45) is 1.66. The third-order valence-electron chi connectivity index (χ3n) is 3.74.